The zero-order chi connectivity index (χ0) is 13.7. The van der Waals surface area contributed by atoms with E-state index in [1.807, 2.05) is 36.6 Å². The molecule has 0 saturated heterocycles. The van der Waals surface area contributed by atoms with Gasteiger partial charge in [0.25, 0.3) is 0 Å². The molecule has 0 bridgehead atoms. The van der Waals surface area contributed by atoms with Crippen molar-refractivity contribution in [3.63, 3.8) is 0 Å². The van der Waals surface area contributed by atoms with E-state index in [0.29, 0.717) is 13.0 Å². The number of aliphatic hydroxyl groups excluding tert-OH is 1. The molecule has 1 aromatic heterocycles. The first kappa shape index (κ1) is 14.0. The van der Waals surface area contributed by atoms with Gasteiger partial charge in [0.05, 0.1) is 17.7 Å². The lowest BCUT2D eigenvalue weighted by atomic mass is 10.1. The molecule has 0 spiro atoms. The Morgan fingerprint density at radius 3 is 2.95 bits per heavy atom. The Labute approximate surface area is 117 Å². The van der Waals surface area contributed by atoms with Crippen molar-refractivity contribution in [2.24, 2.45) is 0 Å². The summed E-state index contributed by atoms with van der Waals surface area (Å²) in [7, 11) is 0. The topological polar surface area (TPSA) is 42.4 Å². The summed E-state index contributed by atoms with van der Waals surface area (Å²) in [6.07, 6.45) is 0.997. The van der Waals surface area contributed by atoms with Crippen molar-refractivity contribution < 1.29 is 9.84 Å². The SMILES string of the molecule is CCCOc1cccc(C(O)Cc2nc(C)cs2)c1. The van der Waals surface area contributed by atoms with Crippen LogP contribution in [0.25, 0.3) is 0 Å². The standard InChI is InChI=1S/C15H19NO2S/c1-3-7-18-13-6-4-5-12(8-13)14(17)9-15-16-11(2)10-19-15/h4-6,8,10,14,17H,3,7,9H2,1-2H3. The Morgan fingerprint density at radius 1 is 1.42 bits per heavy atom. The van der Waals surface area contributed by atoms with Crippen molar-refractivity contribution in [3.05, 3.63) is 45.9 Å². The molecule has 4 heteroatoms. The fraction of sp³-hybridized carbons (Fsp3) is 0.400. The van der Waals surface area contributed by atoms with Crippen LogP contribution >= 0.6 is 11.3 Å². The average molecular weight is 277 g/mol. The van der Waals surface area contributed by atoms with Gasteiger partial charge in [-0.3, -0.25) is 0 Å². The molecule has 1 unspecified atom stereocenters. The molecule has 0 amide bonds. The van der Waals surface area contributed by atoms with Gasteiger partial charge in [-0.15, -0.1) is 11.3 Å². The summed E-state index contributed by atoms with van der Waals surface area (Å²) in [6, 6.07) is 7.65. The highest BCUT2D eigenvalue weighted by molar-refractivity contribution is 7.09. The highest BCUT2D eigenvalue weighted by atomic mass is 32.1. The summed E-state index contributed by atoms with van der Waals surface area (Å²) in [6.45, 7) is 4.74. The highest BCUT2D eigenvalue weighted by Gasteiger charge is 2.11. The monoisotopic (exact) mass is 277 g/mol. The van der Waals surface area contributed by atoms with Gasteiger partial charge in [0.2, 0.25) is 0 Å². The van der Waals surface area contributed by atoms with Crippen LogP contribution in [0.1, 0.15) is 35.7 Å². The normalized spacial score (nSPS) is 12.4. The van der Waals surface area contributed by atoms with Gasteiger partial charge < -0.3 is 9.84 Å². The number of thiazole rings is 1. The van der Waals surface area contributed by atoms with Crippen LogP contribution in [0.15, 0.2) is 29.6 Å². The van der Waals surface area contributed by atoms with Gasteiger partial charge in [-0.1, -0.05) is 19.1 Å². The second-order valence-electron chi connectivity index (χ2n) is 4.52. The first-order valence-corrected chi connectivity index (χ1v) is 7.39. The van der Waals surface area contributed by atoms with Gasteiger partial charge in [-0.05, 0) is 31.0 Å². The van der Waals surface area contributed by atoms with Gasteiger partial charge in [0.15, 0.2) is 0 Å². The first-order chi connectivity index (χ1) is 9.19. The van der Waals surface area contributed by atoms with Gasteiger partial charge in [0, 0.05) is 17.5 Å². The quantitative estimate of drug-likeness (QED) is 0.878. The van der Waals surface area contributed by atoms with E-state index in [9.17, 15) is 5.11 Å². The molecule has 0 radical (unpaired) electrons. The number of rotatable bonds is 6. The van der Waals surface area contributed by atoms with Crippen LogP contribution in [0, 0.1) is 6.92 Å². The Hall–Kier alpha value is -1.39. The van der Waals surface area contributed by atoms with E-state index in [2.05, 4.69) is 11.9 Å². The summed E-state index contributed by atoms with van der Waals surface area (Å²) in [5.41, 5.74) is 1.88. The maximum atomic E-state index is 10.2. The molecule has 0 aliphatic heterocycles. The molecule has 1 aromatic carbocycles. The minimum atomic E-state index is -0.532. The maximum absolute atomic E-state index is 10.2. The van der Waals surface area contributed by atoms with Crippen molar-refractivity contribution in [2.75, 3.05) is 6.61 Å². The minimum absolute atomic E-state index is 0.532. The van der Waals surface area contributed by atoms with E-state index < -0.39 is 6.10 Å². The lowest BCUT2D eigenvalue weighted by Gasteiger charge is -2.11. The molecule has 2 rings (SSSR count). The first-order valence-electron chi connectivity index (χ1n) is 6.51. The van der Waals surface area contributed by atoms with Crippen molar-refractivity contribution in [1.29, 1.82) is 0 Å². The molecule has 102 valence electrons. The zero-order valence-corrected chi connectivity index (χ0v) is 12.1. The van der Waals surface area contributed by atoms with Gasteiger partial charge >= 0.3 is 0 Å². The minimum Gasteiger partial charge on any atom is -0.494 e. The Balaban J connectivity index is 2.03. The van der Waals surface area contributed by atoms with Crippen LogP contribution in [0.5, 0.6) is 5.75 Å². The number of aryl methyl sites for hydroxylation is 1. The molecule has 0 fully saturated rings. The number of aliphatic hydroxyl groups is 1. The van der Waals surface area contributed by atoms with Crippen LogP contribution in [0.4, 0.5) is 0 Å². The molecular weight excluding hydrogens is 258 g/mol. The third kappa shape index (κ3) is 4.04. The van der Waals surface area contributed by atoms with E-state index in [1.54, 1.807) is 11.3 Å². The molecule has 3 nitrogen and oxygen atoms in total. The van der Waals surface area contributed by atoms with E-state index in [-0.39, 0.29) is 0 Å². The number of aromatic nitrogens is 1. The summed E-state index contributed by atoms with van der Waals surface area (Å²) < 4.78 is 5.58. The summed E-state index contributed by atoms with van der Waals surface area (Å²) in [5, 5.41) is 13.2. The van der Waals surface area contributed by atoms with Crippen molar-refractivity contribution in [2.45, 2.75) is 32.8 Å². The van der Waals surface area contributed by atoms with Crippen LogP contribution in [0.2, 0.25) is 0 Å². The molecule has 1 heterocycles. The van der Waals surface area contributed by atoms with Gasteiger partial charge in [-0.2, -0.15) is 0 Å². The number of hydrogen-bond acceptors (Lipinski definition) is 4. The third-order valence-electron chi connectivity index (χ3n) is 2.75. The molecule has 2 aromatic rings. The second-order valence-corrected chi connectivity index (χ2v) is 5.47. The molecule has 19 heavy (non-hydrogen) atoms. The van der Waals surface area contributed by atoms with E-state index in [0.717, 1.165) is 28.4 Å². The van der Waals surface area contributed by atoms with Crippen LogP contribution < -0.4 is 4.74 Å². The molecule has 0 aliphatic rings. The van der Waals surface area contributed by atoms with Crippen LogP contribution in [-0.4, -0.2) is 16.7 Å². The van der Waals surface area contributed by atoms with E-state index >= 15 is 0 Å². The number of benzene rings is 1. The molecular formula is C15H19NO2S. The highest BCUT2D eigenvalue weighted by Crippen LogP contribution is 2.23. The van der Waals surface area contributed by atoms with Crippen LogP contribution in [0.3, 0.4) is 0 Å². The predicted molar refractivity (Wildman–Crippen MR) is 77.7 cm³/mol. The summed E-state index contributed by atoms with van der Waals surface area (Å²) in [4.78, 5) is 4.38. The largest absolute Gasteiger partial charge is 0.494 e. The Morgan fingerprint density at radius 2 is 2.26 bits per heavy atom. The van der Waals surface area contributed by atoms with E-state index in [4.69, 9.17) is 4.74 Å². The smallest absolute Gasteiger partial charge is 0.119 e. The number of ether oxygens (including phenoxy) is 1. The third-order valence-corrected chi connectivity index (χ3v) is 3.74. The molecule has 0 aliphatic carbocycles. The lowest BCUT2D eigenvalue weighted by molar-refractivity contribution is 0.177. The summed E-state index contributed by atoms with van der Waals surface area (Å²) >= 11 is 1.59. The molecule has 1 N–H and O–H groups in total. The van der Waals surface area contributed by atoms with Gasteiger partial charge in [0.1, 0.15) is 5.75 Å². The molecule has 0 saturated carbocycles. The summed E-state index contributed by atoms with van der Waals surface area (Å²) in [5.74, 6) is 0.814. The van der Waals surface area contributed by atoms with Crippen LogP contribution in [-0.2, 0) is 6.42 Å². The maximum Gasteiger partial charge on any atom is 0.119 e. The van der Waals surface area contributed by atoms with Crippen molar-refractivity contribution >= 4 is 11.3 Å². The second kappa shape index (κ2) is 6.68. The average Bonchev–Trinajstić information content (AvgIpc) is 2.82. The van der Waals surface area contributed by atoms with Crippen molar-refractivity contribution in [3.8, 4) is 5.75 Å². The zero-order valence-electron chi connectivity index (χ0n) is 11.3. The van der Waals surface area contributed by atoms with Crippen molar-refractivity contribution in [1.82, 2.24) is 4.98 Å². The fourth-order valence-corrected chi connectivity index (χ4v) is 2.62. The lowest BCUT2D eigenvalue weighted by Crippen LogP contribution is -2.02. The molecule has 1 atom stereocenters. The number of nitrogens with zero attached hydrogens (tertiary/aromatic N) is 1. The Kier molecular flexibility index (Phi) is 4.93. The fourth-order valence-electron chi connectivity index (χ4n) is 1.81. The van der Waals surface area contributed by atoms with Gasteiger partial charge in [-0.25, -0.2) is 4.98 Å². The van der Waals surface area contributed by atoms with E-state index in [1.165, 1.54) is 0 Å². The number of hydrogen-bond donors (Lipinski definition) is 1. The predicted octanol–water partition coefficient (Wildman–Crippen LogP) is 3.52. The Bertz CT molecular complexity index is 524.